The van der Waals surface area contributed by atoms with E-state index in [1.165, 1.54) is 18.2 Å². The Bertz CT molecular complexity index is 805. The smallest absolute Gasteiger partial charge is 0.279 e. The third-order valence-electron chi connectivity index (χ3n) is 3.63. The second kappa shape index (κ2) is 8.61. The molecule has 2 aromatic rings. The second-order valence-corrected chi connectivity index (χ2v) is 5.51. The third-order valence-corrected chi connectivity index (χ3v) is 3.63. The van der Waals surface area contributed by atoms with Crippen LogP contribution in [0.4, 0.5) is 5.69 Å². The van der Waals surface area contributed by atoms with Gasteiger partial charge in [0, 0.05) is 17.7 Å². The summed E-state index contributed by atoms with van der Waals surface area (Å²) in [6.07, 6.45) is 0.0629. The highest BCUT2D eigenvalue weighted by molar-refractivity contribution is 5.96. The van der Waals surface area contributed by atoms with Gasteiger partial charge < -0.3 is 4.74 Å². The fourth-order valence-electron chi connectivity index (χ4n) is 2.11. The minimum absolute atomic E-state index is 0.0585. The number of aryl methyl sites for hydroxylation is 1. The van der Waals surface area contributed by atoms with Crippen LogP contribution >= 0.6 is 0 Å². The van der Waals surface area contributed by atoms with E-state index in [2.05, 4.69) is 10.9 Å². The van der Waals surface area contributed by atoms with Gasteiger partial charge in [0.2, 0.25) is 0 Å². The van der Waals surface area contributed by atoms with Gasteiger partial charge in [-0.3, -0.25) is 30.6 Å². The molecule has 0 aliphatic heterocycles. The number of hydrazine groups is 1. The molecule has 8 nitrogen and oxygen atoms in total. The van der Waals surface area contributed by atoms with E-state index < -0.39 is 22.8 Å². The molecule has 2 rings (SSSR count). The molecule has 0 aromatic heterocycles. The average molecular weight is 357 g/mol. The minimum atomic E-state index is -0.840. The molecule has 0 saturated carbocycles. The third kappa shape index (κ3) is 5.04. The van der Waals surface area contributed by atoms with Gasteiger partial charge in [0.25, 0.3) is 17.5 Å². The number of amides is 2. The van der Waals surface area contributed by atoms with Crippen molar-refractivity contribution < 1.29 is 19.2 Å². The summed E-state index contributed by atoms with van der Waals surface area (Å²) in [5.41, 5.74) is 5.45. The van der Waals surface area contributed by atoms with Crippen molar-refractivity contribution in [3.8, 4) is 5.75 Å². The summed E-state index contributed by atoms with van der Waals surface area (Å²) in [7, 11) is 0. The van der Waals surface area contributed by atoms with Gasteiger partial charge in [-0.25, -0.2) is 0 Å². The molecule has 0 aliphatic rings. The Labute approximate surface area is 150 Å². The number of nitro benzene ring substituents is 1. The molecule has 0 radical (unpaired) electrons. The van der Waals surface area contributed by atoms with Crippen LogP contribution < -0.4 is 15.6 Å². The van der Waals surface area contributed by atoms with E-state index in [1.54, 1.807) is 19.1 Å². The largest absolute Gasteiger partial charge is 0.481 e. The maximum atomic E-state index is 12.0. The molecule has 2 aromatic carbocycles. The van der Waals surface area contributed by atoms with Crippen LogP contribution in [0.5, 0.6) is 5.75 Å². The van der Waals surface area contributed by atoms with E-state index in [1.807, 2.05) is 19.1 Å². The van der Waals surface area contributed by atoms with E-state index in [0.29, 0.717) is 5.75 Å². The number of nitrogens with zero attached hydrogens (tertiary/aromatic N) is 1. The Kier molecular flexibility index (Phi) is 6.26. The lowest BCUT2D eigenvalue weighted by Crippen LogP contribution is -2.47. The molecule has 26 heavy (non-hydrogen) atoms. The van der Waals surface area contributed by atoms with Gasteiger partial charge in [-0.2, -0.15) is 0 Å². The van der Waals surface area contributed by atoms with E-state index in [0.717, 1.165) is 18.1 Å². The minimum Gasteiger partial charge on any atom is -0.481 e. The van der Waals surface area contributed by atoms with Crippen molar-refractivity contribution in [1.82, 2.24) is 10.9 Å². The predicted molar refractivity (Wildman–Crippen MR) is 94.6 cm³/mol. The number of ether oxygens (including phenoxy) is 1. The van der Waals surface area contributed by atoms with Crippen LogP contribution in [-0.2, 0) is 11.2 Å². The summed E-state index contributed by atoms with van der Waals surface area (Å²) in [5.74, 6) is -0.681. The Balaban J connectivity index is 1.89. The van der Waals surface area contributed by atoms with Crippen molar-refractivity contribution in [3.63, 3.8) is 0 Å². The lowest BCUT2D eigenvalue weighted by atomic mass is 10.2. The first-order valence-corrected chi connectivity index (χ1v) is 8.01. The zero-order valence-electron chi connectivity index (χ0n) is 14.4. The van der Waals surface area contributed by atoms with E-state index in [4.69, 9.17) is 4.74 Å². The Morgan fingerprint density at radius 3 is 2.46 bits per heavy atom. The number of hydrogen-bond acceptors (Lipinski definition) is 5. The maximum Gasteiger partial charge on any atom is 0.279 e. The molecule has 8 heteroatoms. The molecule has 136 valence electrons. The first kappa shape index (κ1) is 18.9. The number of nitro groups is 1. The molecular formula is C18H19N3O5. The summed E-state index contributed by atoms with van der Waals surface area (Å²) in [6, 6.07) is 12.5. The van der Waals surface area contributed by atoms with Crippen LogP contribution in [0.2, 0.25) is 0 Å². The van der Waals surface area contributed by atoms with Gasteiger partial charge in [-0.15, -0.1) is 0 Å². The van der Waals surface area contributed by atoms with Crippen molar-refractivity contribution in [2.45, 2.75) is 26.4 Å². The van der Waals surface area contributed by atoms with E-state index in [9.17, 15) is 19.7 Å². The monoisotopic (exact) mass is 357 g/mol. The fourth-order valence-corrected chi connectivity index (χ4v) is 2.11. The summed E-state index contributed by atoms with van der Waals surface area (Å²) >= 11 is 0. The number of carbonyl (C=O) groups excluding carboxylic acids is 2. The highest BCUT2D eigenvalue weighted by atomic mass is 16.6. The SMILES string of the molecule is CCc1ccc(O[C@H](C)C(=O)NNC(=O)c2cccc([N+](=O)[O-])c2)cc1. The predicted octanol–water partition coefficient (Wildman–Crippen LogP) is 2.39. The summed E-state index contributed by atoms with van der Waals surface area (Å²) in [5, 5.41) is 10.7. The number of non-ortho nitro benzene ring substituents is 1. The number of benzene rings is 2. The number of carbonyl (C=O) groups is 2. The van der Waals surface area contributed by atoms with Gasteiger partial charge in [0.05, 0.1) is 4.92 Å². The van der Waals surface area contributed by atoms with Crippen molar-refractivity contribution >= 4 is 17.5 Å². The van der Waals surface area contributed by atoms with Gasteiger partial charge >= 0.3 is 0 Å². The average Bonchev–Trinajstić information content (AvgIpc) is 2.66. The van der Waals surface area contributed by atoms with Crippen LogP contribution in [0.1, 0.15) is 29.8 Å². The van der Waals surface area contributed by atoms with Gasteiger partial charge in [-0.1, -0.05) is 25.1 Å². The molecule has 0 bridgehead atoms. The van der Waals surface area contributed by atoms with Gasteiger partial charge in [0.1, 0.15) is 5.75 Å². The molecule has 0 aliphatic carbocycles. The van der Waals surface area contributed by atoms with Crippen molar-refractivity contribution in [1.29, 1.82) is 0 Å². The Morgan fingerprint density at radius 2 is 1.85 bits per heavy atom. The molecular weight excluding hydrogens is 338 g/mol. The first-order valence-electron chi connectivity index (χ1n) is 8.01. The van der Waals surface area contributed by atoms with Crippen LogP contribution in [-0.4, -0.2) is 22.8 Å². The normalized spacial score (nSPS) is 11.3. The zero-order valence-corrected chi connectivity index (χ0v) is 14.4. The number of hydrogen-bond donors (Lipinski definition) is 2. The number of nitrogens with one attached hydrogen (secondary N) is 2. The molecule has 0 saturated heterocycles. The van der Waals surface area contributed by atoms with Crippen molar-refractivity contribution in [2.75, 3.05) is 0 Å². The van der Waals surface area contributed by atoms with E-state index in [-0.39, 0.29) is 11.3 Å². The van der Waals surface area contributed by atoms with Crippen LogP contribution in [0.15, 0.2) is 48.5 Å². The number of rotatable bonds is 6. The molecule has 0 heterocycles. The Hall–Kier alpha value is -3.42. The molecule has 0 unspecified atom stereocenters. The quantitative estimate of drug-likeness (QED) is 0.609. The molecule has 1 atom stereocenters. The maximum absolute atomic E-state index is 12.0. The van der Waals surface area contributed by atoms with Crippen molar-refractivity contribution in [2.24, 2.45) is 0 Å². The standard InChI is InChI=1S/C18H19N3O5/c1-3-13-7-9-16(10-8-13)26-12(2)17(22)19-20-18(23)14-5-4-6-15(11-14)21(24)25/h4-12H,3H2,1-2H3,(H,19,22)(H,20,23)/t12-/m1/s1. The van der Waals surface area contributed by atoms with Crippen LogP contribution in [0.25, 0.3) is 0 Å². The Morgan fingerprint density at radius 1 is 1.15 bits per heavy atom. The van der Waals surface area contributed by atoms with Crippen LogP contribution in [0, 0.1) is 10.1 Å². The molecule has 0 fully saturated rings. The van der Waals surface area contributed by atoms with Crippen LogP contribution in [0.3, 0.4) is 0 Å². The lowest BCUT2D eigenvalue weighted by Gasteiger charge is -2.15. The summed E-state index contributed by atoms with van der Waals surface area (Å²) < 4.78 is 5.51. The molecule has 0 spiro atoms. The van der Waals surface area contributed by atoms with Crippen molar-refractivity contribution in [3.05, 3.63) is 69.8 Å². The van der Waals surface area contributed by atoms with Gasteiger partial charge in [-0.05, 0) is 37.1 Å². The fraction of sp³-hybridized carbons (Fsp3) is 0.222. The summed E-state index contributed by atoms with van der Waals surface area (Å²) in [4.78, 5) is 34.1. The highest BCUT2D eigenvalue weighted by Crippen LogP contribution is 2.14. The summed E-state index contributed by atoms with van der Waals surface area (Å²) in [6.45, 7) is 3.58. The first-order chi connectivity index (χ1) is 12.4. The van der Waals surface area contributed by atoms with E-state index >= 15 is 0 Å². The lowest BCUT2D eigenvalue weighted by molar-refractivity contribution is -0.384. The second-order valence-electron chi connectivity index (χ2n) is 5.51. The zero-order chi connectivity index (χ0) is 19.1. The van der Waals surface area contributed by atoms with Gasteiger partial charge in [0.15, 0.2) is 6.10 Å². The topological polar surface area (TPSA) is 111 Å². The highest BCUT2D eigenvalue weighted by Gasteiger charge is 2.17. The molecule has 2 N–H and O–H groups in total. The molecule has 2 amide bonds.